The van der Waals surface area contributed by atoms with Gasteiger partial charge in [0.05, 0.1) is 29.3 Å². The zero-order chi connectivity index (χ0) is 19.1. The van der Waals surface area contributed by atoms with E-state index in [9.17, 15) is 19.7 Å². The van der Waals surface area contributed by atoms with Crippen LogP contribution in [0.1, 0.15) is 5.76 Å². The molecule has 0 fully saturated rings. The van der Waals surface area contributed by atoms with E-state index >= 15 is 0 Å². The number of halogens is 1. The largest absolute Gasteiger partial charge is 0.482 e. The second kappa shape index (κ2) is 8.86. The molecule has 0 aliphatic rings. The highest BCUT2D eigenvalue weighted by atomic mass is 35.5. The number of nitro benzene ring substituents is 1. The van der Waals surface area contributed by atoms with Crippen LogP contribution in [0, 0.1) is 10.1 Å². The lowest BCUT2D eigenvalue weighted by Gasteiger charge is -2.17. The summed E-state index contributed by atoms with van der Waals surface area (Å²) in [6.45, 7) is -0.293. The maximum absolute atomic E-state index is 12.0. The van der Waals surface area contributed by atoms with Crippen LogP contribution >= 0.6 is 11.6 Å². The minimum atomic E-state index is -0.587. The lowest BCUT2D eigenvalue weighted by Crippen LogP contribution is -2.40. The fraction of sp³-hybridized carbons (Fsp3) is 0.250. The zero-order valence-electron chi connectivity index (χ0n) is 13.8. The minimum Gasteiger partial charge on any atom is -0.482 e. The van der Waals surface area contributed by atoms with Gasteiger partial charge in [-0.3, -0.25) is 19.7 Å². The summed E-state index contributed by atoms with van der Waals surface area (Å²) in [6.07, 6.45) is 1.50. The molecular formula is C16H16ClN3O6. The van der Waals surface area contributed by atoms with Crippen LogP contribution in [0.25, 0.3) is 0 Å². The SMILES string of the molecule is CN(CC(=O)NCc1ccco1)C(=O)COc1ccc([N+](=O)[O-])cc1Cl. The Labute approximate surface area is 153 Å². The van der Waals surface area contributed by atoms with E-state index in [0.717, 1.165) is 6.07 Å². The van der Waals surface area contributed by atoms with Gasteiger partial charge in [0.1, 0.15) is 11.5 Å². The first kappa shape index (κ1) is 19.3. The van der Waals surface area contributed by atoms with Crippen molar-refractivity contribution in [3.8, 4) is 5.75 Å². The number of non-ortho nitro benzene ring substituents is 1. The third-order valence-electron chi connectivity index (χ3n) is 3.32. The number of nitro groups is 1. The molecule has 2 rings (SSSR count). The van der Waals surface area contributed by atoms with E-state index in [0.29, 0.717) is 5.76 Å². The van der Waals surface area contributed by atoms with E-state index in [1.54, 1.807) is 12.1 Å². The Morgan fingerprint density at radius 1 is 1.38 bits per heavy atom. The normalized spacial score (nSPS) is 10.2. The molecule has 138 valence electrons. The molecule has 1 aromatic carbocycles. The van der Waals surface area contributed by atoms with Gasteiger partial charge in [-0.1, -0.05) is 11.6 Å². The smallest absolute Gasteiger partial charge is 0.271 e. The Bertz CT molecular complexity index is 793. The molecule has 2 amide bonds. The summed E-state index contributed by atoms with van der Waals surface area (Å²) in [5, 5.41) is 13.3. The number of ether oxygens (including phenoxy) is 1. The van der Waals surface area contributed by atoms with Crippen LogP contribution in [0.2, 0.25) is 5.02 Å². The number of nitrogens with zero attached hydrogens (tertiary/aromatic N) is 2. The lowest BCUT2D eigenvalue weighted by molar-refractivity contribution is -0.384. The fourth-order valence-corrected chi connectivity index (χ4v) is 2.16. The van der Waals surface area contributed by atoms with Crippen molar-refractivity contribution in [3.63, 3.8) is 0 Å². The van der Waals surface area contributed by atoms with Crippen LogP contribution in [0.15, 0.2) is 41.0 Å². The molecular weight excluding hydrogens is 366 g/mol. The maximum Gasteiger partial charge on any atom is 0.271 e. The van der Waals surface area contributed by atoms with Crippen LogP contribution in [0.4, 0.5) is 5.69 Å². The summed E-state index contributed by atoms with van der Waals surface area (Å²) < 4.78 is 10.4. The molecule has 1 heterocycles. The summed E-state index contributed by atoms with van der Waals surface area (Å²) >= 11 is 5.88. The van der Waals surface area contributed by atoms with Crippen molar-refractivity contribution in [1.82, 2.24) is 10.2 Å². The molecule has 0 aliphatic heterocycles. The molecule has 26 heavy (non-hydrogen) atoms. The van der Waals surface area contributed by atoms with E-state index in [-0.39, 0.29) is 42.1 Å². The maximum atomic E-state index is 12.0. The van der Waals surface area contributed by atoms with Gasteiger partial charge in [-0.2, -0.15) is 0 Å². The molecule has 1 N–H and O–H groups in total. The lowest BCUT2D eigenvalue weighted by atomic mass is 10.3. The van der Waals surface area contributed by atoms with E-state index in [2.05, 4.69) is 5.32 Å². The Morgan fingerprint density at radius 3 is 2.77 bits per heavy atom. The second-order valence-corrected chi connectivity index (χ2v) is 5.67. The zero-order valence-corrected chi connectivity index (χ0v) is 14.6. The highest BCUT2D eigenvalue weighted by Gasteiger charge is 2.16. The van der Waals surface area contributed by atoms with Crippen molar-refractivity contribution in [1.29, 1.82) is 0 Å². The first-order chi connectivity index (χ1) is 12.4. The standard InChI is InChI=1S/C16H16ClN3O6/c1-19(9-15(21)18-8-12-3-2-6-25-12)16(22)10-26-14-5-4-11(20(23)24)7-13(14)17/h2-7H,8-10H2,1H3,(H,18,21). The summed E-state index contributed by atoms with van der Waals surface area (Å²) in [5.41, 5.74) is -0.181. The van der Waals surface area contributed by atoms with E-state index < -0.39 is 10.8 Å². The van der Waals surface area contributed by atoms with Crippen LogP contribution < -0.4 is 10.1 Å². The molecule has 0 atom stereocenters. The molecule has 0 unspecified atom stereocenters. The molecule has 0 saturated heterocycles. The summed E-state index contributed by atoms with van der Waals surface area (Å²) in [5.74, 6) is -0.0667. The number of furan rings is 1. The topological polar surface area (TPSA) is 115 Å². The molecule has 0 bridgehead atoms. The van der Waals surface area contributed by atoms with Gasteiger partial charge >= 0.3 is 0 Å². The van der Waals surface area contributed by atoms with Crippen molar-refractivity contribution in [3.05, 3.63) is 57.5 Å². The Balaban J connectivity index is 1.79. The van der Waals surface area contributed by atoms with E-state index in [1.807, 2.05) is 0 Å². The van der Waals surface area contributed by atoms with Gasteiger partial charge in [0.2, 0.25) is 5.91 Å². The average Bonchev–Trinajstić information content (AvgIpc) is 3.12. The molecule has 0 radical (unpaired) electrons. The van der Waals surface area contributed by atoms with Gasteiger partial charge in [0.15, 0.2) is 6.61 Å². The Hall–Kier alpha value is -3.07. The molecule has 2 aromatic rings. The van der Waals surface area contributed by atoms with Gasteiger partial charge in [0, 0.05) is 19.2 Å². The number of benzene rings is 1. The summed E-state index contributed by atoms with van der Waals surface area (Å²) in [4.78, 5) is 35.1. The van der Waals surface area contributed by atoms with E-state index in [1.165, 1.54) is 30.3 Å². The third-order valence-corrected chi connectivity index (χ3v) is 3.62. The number of hydrogen-bond donors (Lipinski definition) is 1. The number of nitrogens with one attached hydrogen (secondary N) is 1. The molecule has 0 spiro atoms. The third kappa shape index (κ3) is 5.49. The number of amides is 2. The Kier molecular flexibility index (Phi) is 6.56. The molecule has 0 aliphatic carbocycles. The molecule has 0 saturated carbocycles. The number of carbonyl (C=O) groups excluding carboxylic acids is 2. The fourth-order valence-electron chi connectivity index (χ4n) is 1.93. The number of carbonyl (C=O) groups is 2. The monoisotopic (exact) mass is 381 g/mol. The summed E-state index contributed by atoms with van der Waals surface area (Å²) in [6, 6.07) is 7.09. The van der Waals surface area contributed by atoms with Gasteiger partial charge in [-0.15, -0.1) is 0 Å². The van der Waals surface area contributed by atoms with Crippen molar-refractivity contribution in [2.24, 2.45) is 0 Å². The Morgan fingerprint density at radius 2 is 2.15 bits per heavy atom. The number of rotatable bonds is 8. The predicted molar refractivity (Wildman–Crippen MR) is 91.8 cm³/mol. The van der Waals surface area contributed by atoms with Crippen LogP contribution in [-0.2, 0) is 16.1 Å². The van der Waals surface area contributed by atoms with Crippen molar-refractivity contribution in [2.75, 3.05) is 20.2 Å². The van der Waals surface area contributed by atoms with Crippen molar-refractivity contribution >= 4 is 29.1 Å². The number of hydrogen-bond acceptors (Lipinski definition) is 6. The van der Waals surface area contributed by atoms with Crippen LogP contribution in [-0.4, -0.2) is 41.8 Å². The highest BCUT2D eigenvalue weighted by Crippen LogP contribution is 2.28. The van der Waals surface area contributed by atoms with E-state index in [4.69, 9.17) is 20.8 Å². The molecule has 1 aromatic heterocycles. The van der Waals surface area contributed by atoms with Gasteiger partial charge in [-0.05, 0) is 18.2 Å². The first-order valence-electron chi connectivity index (χ1n) is 7.46. The van der Waals surface area contributed by atoms with Gasteiger partial charge < -0.3 is 19.4 Å². The van der Waals surface area contributed by atoms with Gasteiger partial charge in [-0.25, -0.2) is 0 Å². The number of likely N-dealkylation sites (N-methyl/N-ethyl adjacent to an activating group) is 1. The predicted octanol–water partition coefficient (Wildman–Crippen LogP) is 1.99. The second-order valence-electron chi connectivity index (χ2n) is 5.27. The highest BCUT2D eigenvalue weighted by molar-refractivity contribution is 6.32. The molecule has 10 heteroatoms. The average molecular weight is 382 g/mol. The minimum absolute atomic E-state index is 0.0193. The van der Waals surface area contributed by atoms with Crippen molar-refractivity contribution < 1.29 is 23.7 Å². The van der Waals surface area contributed by atoms with Crippen LogP contribution in [0.3, 0.4) is 0 Å². The van der Waals surface area contributed by atoms with Crippen LogP contribution in [0.5, 0.6) is 5.75 Å². The van der Waals surface area contributed by atoms with Crippen molar-refractivity contribution in [2.45, 2.75) is 6.54 Å². The van der Waals surface area contributed by atoms with Gasteiger partial charge in [0.25, 0.3) is 11.6 Å². The summed E-state index contributed by atoms with van der Waals surface area (Å²) in [7, 11) is 1.45. The first-order valence-corrected chi connectivity index (χ1v) is 7.84. The molecule has 9 nitrogen and oxygen atoms in total. The quantitative estimate of drug-likeness (QED) is 0.552.